The van der Waals surface area contributed by atoms with Gasteiger partial charge < -0.3 is 15.2 Å². The van der Waals surface area contributed by atoms with Gasteiger partial charge in [-0.25, -0.2) is 0 Å². The van der Waals surface area contributed by atoms with Crippen LogP contribution in [0.3, 0.4) is 0 Å². The van der Waals surface area contributed by atoms with Crippen molar-refractivity contribution in [2.24, 2.45) is 11.7 Å². The van der Waals surface area contributed by atoms with Crippen LogP contribution in [0.5, 0.6) is 0 Å². The van der Waals surface area contributed by atoms with Crippen LogP contribution < -0.4 is 5.73 Å². The summed E-state index contributed by atoms with van der Waals surface area (Å²) >= 11 is 0. The molecule has 1 aliphatic heterocycles. The van der Waals surface area contributed by atoms with E-state index >= 15 is 0 Å². The molecular weight excluding hydrogens is 170 g/mol. The van der Waals surface area contributed by atoms with Crippen LogP contribution >= 0.6 is 0 Å². The summed E-state index contributed by atoms with van der Waals surface area (Å²) in [6.07, 6.45) is 3.02. The lowest BCUT2D eigenvalue weighted by molar-refractivity contribution is -0.158. The molecule has 2 rings (SSSR count). The van der Waals surface area contributed by atoms with Crippen LogP contribution in [0.15, 0.2) is 0 Å². The zero-order valence-electron chi connectivity index (χ0n) is 7.79. The summed E-state index contributed by atoms with van der Waals surface area (Å²) in [6, 6.07) is -0.187. The molecule has 0 aromatic heterocycles. The van der Waals surface area contributed by atoms with Crippen molar-refractivity contribution in [1.82, 2.24) is 0 Å². The Kier molecular flexibility index (Phi) is 2.04. The molecule has 2 unspecified atom stereocenters. The summed E-state index contributed by atoms with van der Waals surface area (Å²) in [5, 5.41) is 0. The highest BCUT2D eigenvalue weighted by Crippen LogP contribution is 2.47. The molecule has 2 aliphatic rings. The molecule has 1 aliphatic carbocycles. The number of hydrogen-bond donors (Lipinski definition) is 1. The van der Waals surface area contributed by atoms with Crippen molar-refractivity contribution in [3.05, 3.63) is 0 Å². The minimum atomic E-state index is -0.271. The summed E-state index contributed by atoms with van der Waals surface area (Å²) in [5.74, 6) is -0.462. The van der Waals surface area contributed by atoms with Crippen molar-refractivity contribution in [3.8, 4) is 0 Å². The Balaban J connectivity index is 2.16. The maximum Gasteiger partial charge on any atom is 0.313 e. The van der Waals surface area contributed by atoms with Gasteiger partial charge in [-0.15, -0.1) is 0 Å². The third-order valence-corrected chi connectivity index (χ3v) is 3.21. The minimum absolute atomic E-state index is 0.187. The Hall–Kier alpha value is -0.610. The molecule has 0 bridgehead atoms. The standard InChI is InChI=1S/C9H15NO3/c1-12-8(11)7-6(10)5-13-9(7)3-2-4-9/h6-7H,2-5,10H2,1H3. The van der Waals surface area contributed by atoms with E-state index in [0.717, 1.165) is 19.3 Å². The van der Waals surface area contributed by atoms with Crippen molar-refractivity contribution < 1.29 is 14.3 Å². The number of ether oxygens (including phenoxy) is 2. The fraction of sp³-hybridized carbons (Fsp3) is 0.889. The number of carbonyl (C=O) groups excluding carboxylic acids is 1. The van der Waals surface area contributed by atoms with Gasteiger partial charge in [0.2, 0.25) is 0 Å². The molecule has 1 spiro atoms. The van der Waals surface area contributed by atoms with Crippen molar-refractivity contribution in [3.63, 3.8) is 0 Å². The molecule has 0 amide bonds. The summed E-state index contributed by atoms with van der Waals surface area (Å²) in [4.78, 5) is 11.5. The van der Waals surface area contributed by atoms with E-state index in [1.165, 1.54) is 7.11 Å². The largest absolute Gasteiger partial charge is 0.469 e. The van der Waals surface area contributed by atoms with Crippen LogP contribution in [0.25, 0.3) is 0 Å². The fourth-order valence-corrected chi connectivity index (χ4v) is 2.34. The Labute approximate surface area is 77.4 Å². The Bertz CT molecular complexity index is 225. The second-order valence-electron chi connectivity index (χ2n) is 3.89. The number of nitrogens with two attached hydrogens (primary N) is 1. The maximum atomic E-state index is 11.5. The van der Waals surface area contributed by atoms with Crippen molar-refractivity contribution in [2.45, 2.75) is 30.9 Å². The second kappa shape index (κ2) is 2.96. The lowest BCUT2D eigenvalue weighted by atomic mass is 9.70. The summed E-state index contributed by atoms with van der Waals surface area (Å²) < 4.78 is 10.3. The number of hydrogen-bond acceptors (Lipinski definition) is 4. The van der Waals surface area contributed by atoms with E-state index in [1.807, 2.05) is 0 Å². The van der Waals surface area contributed by atoms with Crippen LogP contribution in [0.4, 0.5) is 0 Å². The van der Waals surface area contributed by atoms with Crippen LogP contribution in [0.1, 0.15) is 19.3 Å². The van der Waals surface area contributed by atoms with Crippen molar-refractivity contribution >= 4 is 5.97 Å². The fourth-order valence-electron chi connectivity index (χ4n) is 2.34. The summed E-state index contributed by atoms with van der Waals surface area (Å²) in [5.41, 5.74) is 5.54. The number of methoxy groups -OCH3 is 1. The van der Waals surface area contributed by atoms with E-state index in [1.54, 1.807) is 0 Å². The molecule has 2 fully saturated rings. The van der Waals surface area contributed by atoms with Crippen molar-refractivity contribution in [1.29, 1.82) is 0 Å². The molecule has 2 N–H and O–H groups in total. The first kappa shape index (κ1) is 8.97. The van der Waals surface area contributed by atoms with E-state index in [-0.39, 0.29) is 23.5 Å². The molecule has 74 valence electrons. The topological polar surface area (TPSA) is 61.5 Å². The van der Waals surface area contributed by atoms with Crippen LogP contribution in [0.2, 0.25) is 0 Å². The molecule has 2 atom stereocenters. The quantitative estimate of drug-likeness (QED) is 0.587. The van der Waals surface area contributed by atoms with Gasteiger partial charge in [-0.05, 0) is 19.3 Å². The summed E-state index contributed by atoms with van der Waals surface area (Å²) in [7, 11) is 1.40. The average molecular weight is 185 g/mol. The summed E-state index contributed by atoms with van der Waals surface area (Å²) in [6.45, 7) is 0.486. The van der Waals surface area contributed by atoms with Gasteiger partial charge in [0.25, 0.3) is 0 Å². The molecule has 0 aromatic rings. The molecule has 0 aromatic carbocycles. The predicted molar refractivity (Wildman–Crippen MR) is 46.0 cm³/mol. The van der Waals surface area contributed by atoms with E-state index < -0.39 is 0 Å². The monoisotopic (exact) mass is 185 g/mol. The SMILES string of the molecule is COC(=O)C1C(N)COC12CCC2. The zero-order chi connectivity index (χ0) is 9.47. The van der Waals surface area contributed by atoms with Crippen LogP contribution in [-0.4, -0.2) is 31.3 Å². The Morgan fingerprint density at radius 2 is 2.31 bits per heavy atom. The zero-order valence-corrected chi connectivity index (χ0v) is 7.79. The first-order valence-corrected chi connectivity index (χ1v) is 4.67. The Morgan fingerprint density at radius 1 is 1.62 bits per heavy atom. The lowest BCUT2D eigenvalue weighted by Crippen LogP contribution is -2.50. The highest BCUT2D eigenvalue weighted by molar-refractivity contribution is 5.75. The number of esters is 1. The molecule has 0 radical (unpaired) electrons. The first-order chi connectivity index (χ1) is 6.19. The van der Waals surface area contributed by atoms with Gasteiger partial charge in [0.1, 0.15) is 5.92 Å². The van der Waals surface area contributed by atoms with Gasteiger partial charge in [-0.3, -0.25) is 4.79 Å². The molecule has 4 nitrogen and oxygen atoms in total. The maximum absolute atomic E-state index is 11.5. The number of carbonyl (C=O) groups is 1. The Morgan fingerprint density at radius 3 is 2.77 bits per heavy atom. The van der Waals surface area contributed by atoms with Gasteiger partial charge in [0.05, 0.1) is 19.3 Å². The van der Waals surface area contributed by atoms with Gasteiger partial charge >= 0.3 is 5.97 Å². The van der Waals surface area contributed by atoms with Gasteiger partial charge in [0, 0.05) is 6.04 Å². The molecule has 13 heavy (non-hydrogen) atoms. The van der Waals surface area contributed by atoms with E-state index in [9.17, 15) is 4.79 Å². The molecule has 4 heteroatoms. The normalized spacial score (nSPS) is 35.8. The van der Waals surface area contributed by atoms with E-state index in [2.05, 4.69) is 0 Å². The van der Waals surface area contributed by atoms with E-state index in [4.69, 9.17) is 15.2 Å². The van der Waals surface area contributed by atoms with E-state index in [0.29, 0.717) is 6.61 Å². The van der Waals surface area contributed by atoms with Gasteiger partial charge in [-0.1, -0.05) is 0 Å². The second-order valence-corrected chi connectivity index (χ2v) is 3.89. The number of rotatable bonds is 1. The highest BCUT2D eigenvalue weighted by atomic mass is 16.5. The third-order valence-electron chi connectivity index (χ3n) is 3.21. The predicted octanol–water partition coefficient (Wildman–Crippen LogP) is 0.0558. The molecular formula is C9H15NO3. The first-order valence-electron chi connectivity index (χ1n) is 4.67. The van der Waals surface area contributed by atoms with Gasteiger partial charge in [-0.2, -0.15) is 0 Å². The molecule has 1 saturated heterocycles. The highest BCUT2D eigenvalue weighted by Gasteiger charge is 2.56. The van der Waals surface area contributed by atoms with Crippen LogP contribution in [-0.2, 0) is 14.3 Å². The van der Waals surface area contributed by atoms with Crippen LogP contribution in [0, 0.1) is 5.92 Å². The minimum Gasteiger partial charge on any atom is -0.469 e. The lowest BCUT2D eigenvalue weighted by Gasteiger charge is -2.41. The van der Waals surface area contributed by atoms with Crippen molar-refractivity contribution in [2.75, 3.05) is 13.7 Å². The molecule has 1 saturated carbocycles. The molecule has 1 heterocycles. The van der Waals surface area contributed by atoms with Gasteiger partial charge in [0.15, 0.2) is 0 Å². The average Bonchev–Trinajstić information content (AvgIpc) is 2.41. The smallest absolute Gasteiger partial charge is 0.313 e. The third kappa shape index (κ3) is 1.16.